The van der Waals surface area contributed by atoms with Gasteiger partial charge in [0.25, 0.3) is 0 Å². The van der Waals surface area contributed by atoms with Crippen LogP contribution in [0.4, 0.5) is 5.95 Å². The lowest BCUT2D eigenvalue weighted by Crippen LogP contribution is -1.98. The Labute approximate surface area is 149 Å². The molecule has 0 fully saturated rings. The van der Waals surface area contributed by atoms with Crippen LogP contribution in [0.3, 0.4) is 0 Å². The molecule has 3 N–H and O–H groups in total. The number of anilines is 1. The molecule has 130 valence electrons. The number of fused-ring (bicyclic) bond motifs is 1. The lowest BCUT2D eigenvalue weighted by Gasteiger charge is -2.10. The third kappa shape index (κ3) is 3.02. The summed E-state index contributed by atoms with van der Waals surface area (Å²) in [5, 5.41) is 0.855. The summed E-state index contributed by atoms with van der Waals surface area (Å²) in [4.78, 5) is 15.8. The van der Waals surface area contributed by atoms with Crippen molar-refractivity contribution in [2.45, 2.75) is 6.61 Å². The number of nitrogens with zero attached hydrogens (tertiary/aromatic N) is 3. The third-order valence-corrected chi connectivity index (χ3v) is 4.01. The van der Waals surface area contributed by atoms with Crippen LogP contribution >= 0.6 is 0 Å². The summed E-state index contributed by atoms with van der Waals surface area (Å²) in [6.07, 6.45) is 5.18. The number of benzene rings is 1. The Balaban J connectivity index is 1.70. The quantitative estimate of drug-likeness (QED) is 0.575. The van der Waals surface area contributed by atoms with Crippen LogP contribution in [-0.2, 0) is 6.61 Å². The van der Waals surface area contributed by atoms with Crippen molar-refractivity contribution < 1.29 is 9.47 Å². The van der Waals surface area contributed by atoms with E-state index in [1.807, 2.05) is 36.5 Å². The summed E-state index contributed by atoms with van der Waals surface area (Å²) in [5.74, 6) is 1.73. The number of aromatic nitrogens is 4. The molecule has 4 aromatic rings. The highest BCUT2D eigenvalue weighted by Crippen LogP contribution is 2.34. The number of aromatic amines is 1. The first-order valence-electron chi connectivity index (χ1n) is 8.05. The second kappa shape index (κ2) is 6.72. The van der Waals surface area contributed by atoms with E-state index in [-0.39, 0.29) is 5.95 Å². The molecule has 0 saturated carbocycles. The Morgan fingerprint density at radius 1 is 1.12 bits per heavy atom. The fourth-order valence-electron chi connectivity index (χ4n) is 2.80. The molecule has 0 bridgehead atoms. The predicted octanol–water partition coefficient (Wildman–Crippen LogP) is 3.19. The number of nitrogens with two attached hydrogens (primary N) is 1. The Morgan fingerprint density at radius 3 is 2.85 bits per heavy atom. The largest absolute Gasteiger partial charge is 0.497 e. The molecule has 0 atom stereocenters. The van der Waals surface area contributed by atoms with Gasteiger partial charge in [-0.1, -0.05) is 12.1 Å². The molecule has 1 aromatic carbocycles. The Bertz CT molecular complexity index is 1060. The zero-order valence-corrected chi connectivity index (χ0v) is 14.1. The zero-order chi connectivity index (χ0) is 17.9. The van der Waals surface area contributed by atoms with Gasteiger partial charge in [0.05, 0.1) is 18.2 Å². The fraction of sp³-hybridized carbons (Fsp3) is 0.105. The van der Waals surface area contributed by atoms with E-state index in [0.717, 1.165) is 27.9 Å². The molecule has 4 rings (SSSR count). The van der Waals surface area contributed by atoms with Crippen molar-refractivity contribution in [3.05, 3.63) is 60.6 Å². The molecule has 0 unspecified atom stereocenters. The summed E-state index contributed by atoms with van der Waals surface area (Å²) in [6.45, 7) is 0.410. The van der Waals surface area contributed by atoms with Gasteiger partial charge in [-0.2, -0.15) is 0 Å². The van der Waals surface area contributed by atoms with Crippen molar-refractivity contribution in [1.29, 1.82) is 0 Å². The SMILES string of the molecule is COc1cccc(COc2ccnc3[nH]cc(-c4ccnc(N)n4)c23)c1. The molecule has 0 spiro atoms. The van der Waals surface area contributed by atoms with Crippen LogP contribution in [0.15, 0.2) is 55.0 Å². The molecule has 0 radical (unpaired) electrons. The summed E-state index contributed by atoms with van der Waals surface area (Å²) >= 11 is 0. The lowest BCUT2D eigenvalue weighted by molar-refractivity contribution is 0.309. The van der Waals surface area contributed by atoms with Crippen molar-refractivity contribution in [3.63, 3.8) is 0 Å². The number of methoxy groups -OCH3 is 1. The van der Waals surface area contributed by atoms with E-state index in [9.17, 15) is 0 Å². The normalized spacial score (nSPS) is 10.8. The molecule has 0 aliphatic heterocycles. The lowest BCUT2D eigenvalue weighted by atomic mass is 10.1. The number of H-pyrrole nitrogens is 1. The second-order valence-electron chi connectivity index (χ2n) is 5.68. The Morgan fingerprint density at radius 2 is 2.00 bits per heavy atom. The van der Waals surface area contributed by atoms with Crippen molar-refractivity contribution in [1.82, 2.24) is 19.9 Å². The molecule has 0 aliphatic rings. The minimum absolute atomic E-state index is 0.222. The van der Waals surface area contributed by atoms with Crippen LogP contribution in [-0.4, -0.2) is 27.0 Å². The Kier molecular flexibility index (Phi) is 4.10. The van der Waals surface area contributed by atoms with Crippen LogP contribution in [0, 0.1) is 0 Å². The van der Waals surface area contributed by atoms with E-state index in [2.05, 4.69) is 19.9 Å². The highest BCUT2D eigenvalue weighted by Gasteiger charge is 2.14. The Hall–Kier alpha value is -3.61. The van der Waals surface area contributed by atoms with E-state index >= 15 is 0 Å². The summed E-state index contributed by atoms with van der Waals surface area (Å²) in [6, 6.07) is 11.4. The van der Waals surface area contributed by atoms with Gasteiger partial charge in [-0.25, -0.2) is 15.0 Å². The van der Waals surface area contributed by atoms with Gasteiger partial charge in [-0.05, 0) is 29.8 Å². The van der Waals surface area contributed by atoms with Crippen molar-refractivity contribution >= 4 is 17.0 Å². The first-order chi connectivity index (χ1) is 12.7. The minimum atomic E-state index is 0.222. The number of hydrogen-bond acceptors (Lipinski definition) is 6. The standard InChI is InChI=1S/C19H17N5O2/c1-25-13-4-2-3-12(9-13)11-26-16-6-8-21-18-17(16)14(10-23-18)15-5-7-22-19(20)24-15/h2-10H,11H2,1H3,(H,21,23)(H2,20,22,24). The first-order valence-corrected chi connectivity index (χ1v) is 8.05. The molecule has 7 nitrogen and oxygen atoms in total. The fourth-order valence-corrected chi connectivity index (χ4v) is 2.80. The van der Waals surface area contributed by atoms with Crippen LogP contribution in [0.5, 0.6) is 11.5 Å². The second-order valence-corrected chi connectivity index (χ2v) is 5.68. The maximum Gasteiger partial charge on any atom is 0.220 e. The van der Waals surface area contributed by atoms with Crippen molar-refractivity contribution in [2.24, 2.45) is 0 Å². The van der Waals surface area contributed by atoms with Crippen molar-refractivity contribution in [3.8, 4) is 22.8 Å². The molecule has 3 aromatic heterocycles. The minimum Gasteiger partial charge on any atom is -0.497 e. The number of rotatable bonds is 5. The first kappa shape index (κ1) is 15.9. The van der Waals surface area contributed by atoms with E-state index < -0.39 is 0 Å². The average molecular weight is 347 g/mol. The van der Waals surface area contributed by atoms with Gasteiger partial charge in [-0.3, -0.25) is 0 Å². The van der Waals surface area contributed by atoms with Crippen LogP contribution in [0.25, 0.3) is 22.3 Å². The molecule has 3 heterocycles. The molecule has 0 aliphatic carbocycles. The van der Waals surface area contributed by atoms with E-state index in [0.29, 0.717) is 18.1 Å². The van der Waals surface area contributed by atoms with Gasteiger partial charge in [0.15, 0.2) is 0 Å². The maximum absolute atomic E-state index is 6.07. The molecule has 26 heavy (non-hydrogen) atoms. The number of nitrogen functional groups attached to an aromatic ring is 1. The maximum atomic E-state index is 6.07. The highest BCUT2D eigenvalue weighted by molar-refractivity contribution is 5.97. The topological polar surface area (TPSA) is 98.9 Å². The number of ether oxygens (including phenoxy) is 2. The van der Waals surface area contributed by atoms with Gasteiger partial charge in [0.1, 0.15) is 23.8 Å². The van der Waals surface area contributed by atoms with Gasteiger partial charge in [-0.15, -0.1) is 0 Å². The monoisotopic (exact) mass is 347 g/mol. The molecule has 0 saturated heterocycles. The van der Waals surface area contributed by atoms with Gasteiger partial charge < -0.3 is 20.2 Å². The number of hydrogen-bond donors (Lipinski definition) is 2. The van der Waals surface area contributed by atoms with Gasteiger partial charge >= 0.3 is 0 Å². The van der Waals surface area contributed by atoms with Gasteiger partial charge in [0.2, 0.25) is 5.95 Å². The summed E-state index contributed by atoms with van der Waals surface area (Å²) < 4.78 is 11.3. The summed E-state index contributed by atoms with van der Waals surface area (Å²) in [7, 11) is 1.64. The van der Waals surface area contributed by atoms with Crippen molar-refractivity contribution in [2.75, 3.05) is 12.8 Å². The van der Waals surface area contributed by atoms with E-state index in [4.69, 9.17) is 15.2 Å². The van der Waals surface area contributed by atoms with Gasteiger partial charge in [0, 0.05) is 24.2 Å². The van der Waals surface area contributed by atoms with Crippen LogP contribution < -0.4 is 15.2 Å². The molecule has 0 amide bonds. The average Bonchev–Trinajstić information content (AvgIpc) is 3.11. The highest BCUT2D eigenvalue weighted by atomic mass is 16.5. The third-order valence-electron chi connectivity index (χ3n) is 4.01. The molecular weight excluding hydrogens is 330 g/mol. The van der Waals surface area contributed by atoms with E-state index in [1.165, 1.54) is 0 Å². The van der Waals surface area contributed by atoms with E-state index in [1.54, 1.807) is 25.6 Å². The van der Waals surface area contributed by atoms with Crippen LogP contribution in [0.1, 0.15) is 5.56 Å². The molecule has 7 heteroatoms. The smallest absolute Gasteiger partial charge is 0.220 e. The number of pyridine rings is 1. The number of nitrogens with one attached hydrogen (secondary N) is 1. The van der Waals surface area contributed by atoms with Crippen LogP contribution in [0.2, 0.25) is 0 Å². The zero-order valence-electron chi connectivity index (χ0n) is 14.1. The predicted molar refractivity (Wildman–Crippen MR) is 98.9 cm³/mol. The molecular formula is C19H17N5O2. The summed E-state index contributed by atoms with van der Waals surface area (Å²) in [5.41, 5.74) is 9.03.